The molecule has 0 bridgehead atoms. The van der Waals surface area contributed by atoms with E-state index in [4.69, 9.17) is 0 Å². The fourth-order valence-electron chi connectivity index (χ4n) is 2.83. The van der Waals surface area contributed by atoms with Gasteiger partial charge in [0, 0.05) is 44.9 Å². The van der Waals surface area contributed by atoms with Crippen molar-refractivity contribution in [3.8, 4) is 0 Å². The lowest BCUT2D eigenvalue weighted by Crippen LogP contribution is -2.46. The van der Waals surface area contributed by atoms with Crippen molar-refractivity contribution in [2.75, 3.05) is 7.05 Å². The lowest BCUT2D eigenvalue weighted by Gasteiger charge is -2.25. The highest BCUT2D eigenvalue weighted by molar-refractivity contribution is 5.80. The summed E-state index contributed by atoms with van der Waals surface area (Å²) in [6.07, 6.45) is 0.0227. The first kappa shape index (κ1) is 17.2. The van der Waals surface area contributed by atoms with Crippen LogP contribution in [0, 0.1) is 0 Å². The van der Waals surface area contributed by atoms with E-state index in [1.54, 1.807) is 7.05 Å². The predicted octanol–water partition coefficient (Wildman–Crippen LogP) is 0.710. The summed E-state index contributed by atoms with van der Waals surface area (Å²) in [7, 11) is 3.04. The Kier molecular flexibility index (Phi) is 4.64. The number of halogens is 3. The molecule has 2 aromatic heterocycles. The van der Waals surface area contributed by atoms with Gasteiger partial charge in [-0.2, -0.15) is 23.4 Å². The second kappa shape index (κ2) is 6.73. The van der Waals surface area contributed by atoms with Crippen molar-refractivity contribution in [1.82, 2.24) is 35.2 Å². The molecule has 0 aliphatic carbocycles. The Bertz CT molecular complexity index is 760. The minimum Gasteiger partial charge on any atom is -0.352 e. The third-order valence-electron chi connectivity index (χ3n) is 3.99. The number of aryl methyl sites for hydroxylation is 2. The summed E-state index contributed by atoms with van der Waals surface area (Å²) in [6.45, 7) is 0.611. The maximum absolute atomic E-state index is 13.0. The predicted molar refractivity (Wildman–Crippen MR) is 83.7 cm³/mol. The average molecular weight is 356 g/mol. The molecule has 1 unspecified atom stereocenters. The van der Waals surface area contributed by atoms with Crippen LogP contribution in [0.25, 0.3) is 0 Å². The molecule has 8 nitrogen and oxygen atoms in total. The standard InChI is InChI=1S/C14H19F3N8/c1-18-13(22-10-3-4-11-20-8-21-25(11)7-10)19-5-9-6-24(2)23-12(9)14(15,16)17/h6,8,10H,3-5,7H2,1-2H3,(H2,18,19,22). The van der Waals surface area contributed by atoms with Crippen LogP contribution in [-0.2, 0) is 32.7 Å². The molecule has 2 N–H and O–H groups in total. The zero-order chi connectivity index (χ0) is 18.0. The monoisotopic (exact) mass is 356 g/mol. The highest BCUT2D eigenvalue weighted by Crippen LogP contribution is 2.30. The maximum Gasteiger partial charge on any atom is 0.435 e. The van der Waals surface area contributed by atoms with E-state index in [9.17, 15) is 13.2 Å². The number of fused-ring (bicyclic) bond motifs is 1. The average Bonchev–Trinajstić information content (AvgIpc) is 3.16. The quantitative estimate of drug-likeness (QED) is 0.625. The highest BCUT2D eigenvalue weighted by atomic mass is 19.4. The van der Waals surface area contributed by atoms with Gasteiger partial charge in [0.2, 0.25) is 0 Å². The van der Waals surface area contributed by atoms with Gasteiger partial charge in [-0.25, -0.2) is 9.67 Å². The number of alkyl halides is 3. The third-order valence-corrected chi connectivity index (χ3v) is 3.99. The van der Waals surface area contributed by atoms with Gasteiger partial charge in [-0.15, -0.1) is 0 Å². The molecule has 1 aliphatic heterocycles. The van der Waals surface area contributed by atoms with Crippen molar-refractivity contribution in [3.05, 3.63) is 29.6 Å². The number of aromatic nitrogens is 5. The van der Waals surface area contributed by atoms with Gasteiger partial charge < -0.3 is 10.6 Å². The summed E-state index contributed by atoms with van der Waals surface area (Å²) in [5.74, 6) is 1.37. The van der Waals surface area contributed by atoms with Crippen LogP contribution in [0.3, 0.4) is 0 Å². The summed E-state index contributed by atoms with van der Waals surface area (Å²) in [5, 5.41) is 13.8. The highest BCUT2D eigenvalue weighted by Gasteiger charge is 2.36. The van der Waals surface area contributed by atoms with E-state index >= 15 is 0 Å². The summed E-state index contributed by atoms with van der Waals surface area (Å²) in [4.78, 5) is 8.24. The van der Waals surface area contributed by atoms with E-state index in [-0.39, 0.29) is 18.2 Å². The van der Waals surface area contributed by atoms with Crippen LogP contribution in [0.4, 0.5) is 13.2 Å². The Balaban J connectivity index is 1.61. The van der Waals surface area contributed by atoms with Crippen molar-refractivity contribution < 1.29 is 13.2 Å². The van der Waals surface area contributed by atoms with E-state index in [1.165, 1.54) is 19.6 Å². The number of nitrogens with one attached hydrogen (secondary N) is 2. The van der Waals surface area contributed by atoms with Crippen molar-refractivity contribution in [3.63, 3.8) is 0 Å². The van der Waals surface area contributed by atoms with Gasteiger partial charge >= 0.3 is 6.18 Å². The lowest BCUT2D eigenvalue weighted by molar-refractivity contribution is -0.142. The first-order chi connectivity index (χ1) is 11.9. The molecule has 136 valence electrons. The summed E-state index contributed by atoms with van der Waals surface area (Å²) in [5.41, 5.74) is -0.817. The first-order valence-corrected chi connectivity index (χ1v) is 7.80. The van der Waals surface area contributed by atoms with Crippen molar-refractivity contribution in [2.24, 2.45) is 12.0 Å². The number of nitrogens with zero attached hydrogens (tertiary/aromatic N) is 6. The topological polar surface area (TPSA) is 84.9 Å². The molecule has 2 aromatic rings. The summed E-state index contributed by atoms with van der Waals surface area (Å²) >= 11 is 0. The molecular formula is C14H19F3N8. The molecule has 25 heavy (non-hydrogen) atoms. The summed E-state index contributed by atoms with van der Waals surface area (Å²) in [6, 6.07) is 0.0800. The minimum absolute atomic E-state index is 0.0242. The molecule has 0 spiro atoms. The molecule has 11 heteroatoms. The first-order valence-electron chi connectivity index (χ1n) is 7.80. The number of hydrogen-bond donors (Lipinski definition) is 2. The molecule has 0 radical (unpaired) electrons. The van der Waals surface area contributed by atoms with Crippen molar-refractivity contribution >= 4 is 5.96 Å². The molecular weight excluding hydrogens is 337 g/mol. The van der Waals surface area contributed by atoms with E-state index in [2.05, 4.69) is 30.8 Å². The zero-order valence-corrected chi connectivity index (χ0v) is 13.9. The van der Waals surface area contributed by atoms with Crippen molar-refractivity contribution in [1.29, 1.82) is 0 Å². The molecule has 0 fully saturated rings. The largest absolute Gasteiger partial charge is 0.435 e. The van der Waals surface area contributed by atoms with Gasteiger partial charge in [0.25, 0.3) is 0 Å². The zero-order valence-electron chi connectivity index (χ0n) is 13.9. The van der Waals surface area contributed by atoms with E-state index in [1.807, 2.05) is 4.68 Å². The number of rotatable bonds is 3. The molecule has 1 aliphatic rings. The fourth-order valence-corrected chi connectivity index (χ4v) is 2.83. The number of guanidine groups is 1. The van der Waals surface area contributed by atoms with E-state index in [0.717, 1.165) is 23.3 Å². The van der Waals surface area contributed by atoms with Gasteiger partial charge in [0.15, 0.2) is 11.7 Å². The van der Waals surface area contributed by atoms with Crippen LogP contribution in [0.15, 0.2) is 17.5 Å². The molecule has 0 saturated carbocycles. The van der Waals surface area contributed by atoms with Gasteiger partial charge in [-0.3, -0.25) is 9.67 Å². The summed E-state index contributed by atoms with van der Waals surface area (Å²) < 4.78 is 41.9. The maximum atomic E-state index is 13.0. The minimum atomic E-state index is -4.48. The Hall–Kier alpha value is -2.59. The van der Waals surface area contributed by atoms with Gasteiger partial charge in [0.1, 0.15) is 12.2 Å². The Morgan fingerprint density at radius 2 is 2.24 bits per heavy atom. The van der Waals surface area contributed by atoms with Crippen LogP contribution in [0.1, 0.15) is 23.5 Å². The molecule has 0 saturated heterocycles. The van der Waals surface area contributed by atoms with Crippen LogP contribution in [0.2, 0.25) is 0 Å². The molecule has 3 heterocycles. The molecule has 3 rings (SSSR count). The Morgan fingerprint density at radius 1 is 1.44 bits per heavy atom. The number of hydrogen-bond acceptors (Lipinski definition) is 4. The SMILES string of the molecule is CN=C(NCc1cn(C)nc1C(F)(F)F)NC1CCc2ncnn2C1. The van der Waals surface area contributed by atoms with Crippen LogP contribution in [-0.4, -0.2) is 43.6 Å². The molecule has 0 amide bonds. The second-order valence-electron chi connectivity index (χ2n) is 5.84. The smallest absolute Gasteiger partial charge is 0.352 e. The lowest BCUT2D eigenvalue weighted by atomic mass is 10.1. The number of aliphatic imine (C=N–C) groups is 1. The van der Waals surface area contributed by atoms with Gasteiger partial charge in [-0.1, -0.05) is 0 Å². The molecule has 1 atom stereocenters. The van der Waals surface area contributed by atoms with Gasteiger partial charge in [-0.05, 0) is 6.42 Å². The Labute approximate surface area is 142 Å². The van der Waals surface area contributed by atoms with Crippen molar-refractivity contribution in [2.45, 2.75) is 38.1 Å². The van der Waals surface area contributed by atoms with E-state index in [0.29, 0.717) is 12.5 Å². The fraction of sp³-hybridized carbons (Fsp3) is 0.571. The van der Waals surface area contributed by atoms with E-state index < -0.39 is 11.9 Å². The molecule has 0 aromatic carbocycles. The Morgan fingerprint density at radius 3 is 2.96 bits per heavy atom. The third kappa shape index (κ3) is 3.91. The van der Waals surface area contributed by atoms with Gasteiger partial charge in [0.05, 0.1) is 6.54 Å². The van der Waals surface area contributed by atoms with Crippen LogP contribution >= 0.6 is 0 Å². The normalized spacial score (nSPS) is 18.1. The van der Waals surface area contributed by atoms with Crippen LogP contribution in [0.5, 0.6) is 0 Å². The second-order valence-corrected chi connectivity index (χ2v) is 5.84. The van der Waals surface area contributed by atoms with Crippen LogP contribution < -0.4 is 10.6 Å².